The fourth-order valence-electron chi connectivity index (χ4n) is 6.42. The van der Waals surface area contributed by atoms with Gasteiger partial charge < -0.3 is 20.1 Å². The highest BCUT2D eigenvalue weighted by Crippen LogP contribution is 2.39. The maximum absolute atomic E-state index is 15.5. The molecular formula is C28H38FN9O3. The second kappa shape index (κ2) is 11.0. The Kier molecular flexibility index (Phi) is 7.41. The van der Waals surface area contributed by atoms with Gasteiger partial charge in [0.15, 0.2) is 5.82 Å². The van der Waals surface area contributed by atoms with Crippen molar-refractivity contribution >= 4 is 17.5 Å². The molecule has 0 spiro atoms. The van der Waals surface area contributed by atoms with Gasteiger partial charge in [0.2, 0.25) is 5.95 Å². The van der Waals surface area contributed by atoms with E-state index in [4.69, 9.17) is 14.5 Å². The Morgan fingerprint density at radius 1 is 1.17 bits per heavy atom. The van der Waals surface area contributed by atoms with Crippen LogP contribution in [-0.2, 0) is 11.8 Å². The van der Waals surface area contributed by atoms with Gasteiger partial charge in [0, 0.05) is 55.3 Å². The zero-order chi connectivity index (χ0) is 28.7. The second-order valence-corrected chi connectivity index (χ2v) is 12.0. The summed E-state index contributed by atoms with van der Waals surface area (Å²) in [7, 11) is 1.50. The minimum atomic E-state index is -0.568. The quantitative estimate of drug-likeness (QED) is 0.439. The molecule has 0 unspecified atom stereocenters. The molecule has 3 aliphatic rings. The SMILES string of the molecule is Cc1cnc(Nc2cc(-n3nnn(C)c3=O)c(OC3CCOCC3)cc2F)nc1N[C@@H]1C[C@@H]2CCCN2C(C)(C)C1. The van der Waals surface area contributed by atoms with Crippen LogP contribution in [-0.4, -0.2) is 78.1 Å². The van der Waals surface area contributed by atoms with Crippen LogP contribution in [0, 0.1) is 12.7 Å². The number of aromatic nitrogens is 6. The van der Waals surface area contributed by atoms with Gasteiger partial charge >= 0.3 is 5.69 Å². The topological polar surface area (TPSA) is 124 Å². The van der Waals surface area contributed by atoms with E-state index in [0.717, 1.165) is 40.1 Å². The molecule has 2 atom stereocenters. The minimum Gasteiger partial charge on any atom is -0.488 e. The Morgan fingerprint density at radius 2 is 1.98 bits per heavy atom. The van der Waals surface area contributed by atoms with Gasteiger partial charge in [-0.25, -0.2) is 14.2 Å². The lowest BCUT2D eigenvalue weighted by molar-refractivity contribution is 0.0254. The average molecular weight is 568 g/mol. The zero-order valence-electron chi connectivity index (χ0n) is 24.1. The first-order valence-corrected chi connectivity index (χ1v) is 14.4. The molecule has 0 bridgehead atoms. The average Bonchev–Trinajstić information content (AvgIpc) is 3.55. The molecule has 3 aromatic rings. The van der Waals surface area contributed by atoms with Gasteiger partial charge in [-0.1, -0.05) is 0 Å². The van der Waals surface area contributed by atoms with E-state index < -0.39 is 11.5 Å². The van der Waals surface area contributed by atoms with Crippen molar-refractivity contribution in [3.63, 3.8) is 0 Å². The summed E-state index contributed by atoms with van der Waals surface area (Å²) in [6.45, 7) is 8.88. The van der Waals surface area contributed by atoms with E-state index in [1.54, 1.807) is 6.20 Å². The van der Waals surface area contributed by atoms with Crippen LogP contribution >= 0.6 is 0 Å². The molecule has 13 heteroatoms. The molecule has 3 saturated heterocycles. The number of nitrogens with one attached hydrogen (secondary N) is 2. The number of hydrogen-bond acceptors (Lipinski definition) is 10. The van der Waals surface area contributed by atoms with E-state index in [1.807, 2.05) is 6.92 Å². The van der Waals surface area contributed by atoms with E-state index in [9.17, 15) is 4.79 Å². The lowest BCUT2D eigenvalue weighted by Crippen LogP contribution is -2.55. The van der Waals surface area contributed by atoms with Crippen molar-refractivity contribution < 1.29 is 13.9 Å². The Hall–Kier alpha value is -3.58. The number of aryl methyl sites for hydroxylation is 2. The maximum atomic E-state index is 15.5. The first-order chi connectivity index (χ1) is 19.7. The van der Waals surface area contributed by atoms with Gasteiger partial charge in [-0.15, -0.1) is 0 Å². The first-order valence-electron chi connectivity index (χ1n) is 14.4. The van der Waals surface area contributed by atoms with Crippen LogP contribution in [0.5, 0.6) is 5.75 Å². The molecule has 0 saturated carbocycles. The number of ether oxygens (including phenoxy) is 2. The highest BCUT2D eigenvalue weighted by Gasteiger charge is 2.43. The number of piperidine rings is 1. The molecule has 41 heavy (non-hydrogen) atoms. The number of halogens is 1. The fraction of sp³-hybridized carbons (Fsp3) is 0.607. The summed E-state index contributed by atoms with van der Waals surface area (Å²) in [6, 6.07) is 3.60. The molecule has 5 heterocycles. The predicted molar refractivity (Wildman–Crippen MR) is 152 cm³/mol. The molecule has 1 aromatic carbocycles. The number of hydrogen-bond donors (Lipinski definition) is 2. The summed E-state index contributed by atoms with van der Waals surface area (Å²) < 4.78 is 29.2. The first kappa shape index (κ1) is 27.6. The molecule has 2 aromatic heterocycles. The van der Waals surface area contributed by atoms with Gasteiger partial charge in [0.05, 0.1) is 18.9 Å². The van der Waals surface area contributed by atoms with E-state index in [1.165, 1.54) is 32.0 Å². The van der Waals surface area contributed by atoms with Crippen LogP contribution in [0.25, 0.3) is 5.69 Å². The second-order valence-electron chi connectivity index (χ2n) is 12.0. The maximum Gasteiger partial charge on any atom is 0.368 e. The van der Waals surface area contributed by atoms with Gasteiger partial charge in [0.25, 0.3) is 0 Å². The lowest BCUT2D eigenvalue weighted by Gasteiger charge is -2.48. The summed E-state index contributed by atoms with van der Waals surface area (Å²) in [6.07, 6.45) is 7.44. The van der Waals surface area contributed by atoms with Crippen molar-refractivity contribution in [2.45, 2.75) is 83.0 Å². The van der Waals surface area contributed by atoms with E-state index in [0.29, 0.717) is 32.1 Å². The molecule has 220 valence electrons. The number of tetrazole rings is 1. The van der Waals surface area contributed by atoms with E-state index >= 15 is 4.39 Å². The molecular weight excluding hydrogens is 529 g/mol. The van der Waals surface area contributed by atoms with E-state index in [2.05, 4.69) is 44.8 Å². The van der Waals surface area contributed by atoms with Crippen molar-refractivity contribution in [1.29, 1.82) is 0 Å². The highest BCUT2D eigenvalue weighted by atomic mass is 19.1. The Balaban J connectivity index is 1.27. The zero-order valence-corrected chi connectivity index (χ0v) is 24.1. The third-order valence-electron chi connectivity index (χ3n) is 8.48. The summed E-state index contributed by atoms with van der Waals surface area (Å²) in [5.74, 6) is 0.600. The predicted octanol–water partition coefficient (Wildman–Crippen LogP) is 3.32. The number of anilines is 3. The molecule has 3 fully saturated rings. The van der Waals surface area contributed by atoms with Gasteiger partial charge in [-0.2, -0.15) is 14.3 Å². The van der Waals surface area contributed by atoms with Crippen LogP contribution in [0.15, 0.2) is 23.1 Å². The largest absolute Gasteiger partial charge is 0.488 e. The minimum absolute atomic E-state index is 0.0899. The summed E-state index contributed by atoms with van der Waals surface area (Å²) in [5.41, 5.74) is 0.913. The molecule has 6 rings (SSSR count). The molecule has 12 nitrogen and oxygen atoms in total. The summed E-state index contributed by atoms with van der Waals surface area (Å²) in [5, 5.41) is 14.4. The van der Waals surface area contributed by atoms with E-state index in [-0.39, 0.29) is 40.8 Å². The van der Waals surface area contributed by atoms with Crippen LogP contribution in [0.2, 0.25) is 0 Å². The monoisotopic (exact) mass is 567 g/mol. The molecule has 2 N–H and O–H groups in total. The van der Waals surface area contributed by atoms with Crippen molar-refractivity contribution in [3.8, 4) is 11.4 Å². The van der Waals surface area contributed by atoms with Gasteiger partial charge in [-0.05, 0) is 69.5 Å². The third-order valence-corrected chi connectivity index (χ3v) is 8.48. The Bertz CT molecular complexity index is 1470. The van der Waals surface area contributed by atoms with Gasteiger partial charge in [0.1, 0.15) is 23.4 Å². The Labute approximate surface area is 238 Å². The highest BCUT2D eigenvalue weighted by molar-refractivity contribution is 5.64. The van der Waals surface area contributed by atoms with Crippen LogP contribution in [0.3, 0.4) is 0 Å². The third kappa shape index (κ3) is 5.65. The fourth-order valence-corrected chi connectivity index (χ4v) is 6.42. The molecule has 0 amide bonds. The molecule has 0 aliphatic carbocycles. The molecule has 3 aliphatic heterocycles. The number of nitrogens with zero attached hydrogens (tertiary/aromatic N) is 7. The molecule has 0 radical (unpaired) electrons. The number of fused-ring (bicyclic) bond motifs is 1. The van der Waals surface area contributed by atoms with Crippen molar-refractivity contribution in [2.75, 3.05) is 30.4 Å². The van der Waals surface area contributed by atoms with Crippen molar-refractivity contribution in [3.05, 3.63) is 40.2 Å². The number of rotatable bonds is 7. The van der Waals surface area contributed by atoms with Gasteiger partial charge in [-0.3, -0.25) is 4.90 Å². The summed E-state index contributed by atoms with van der Waals surface area (Å²) in [4.78, 5) is 24.5. The Morgan fingerprint density at radius 3 is 2.73 bits per heavy atom. The van der Waals surface area contributed by atoms with Crippen LogP contribution in [0.1, 0.15) is 57.9 Å². The normalized spacial score (nSPS) is 22.9. The smallest absolute Gasteiger partial charge is 0.368 e. The van der Waals surface area contributed by atoms with Crippen molar-refractivity contribution in [1.82, 2.24) is 34.7 Å². The lowest BCUT2D eigenvalue weighted by atomic mass is 9.84. The van der Waals surface area contributed by atoms with Crippen molar-refractivity contribution in [2.24, 2.45) is 7.05 Å². The van der Waals surface area contributed by atoms with Crippen LogP contribution in [0.4, 0.5) is 21.8 Å². The summed E-state index contributed by atoms with van der Waals surface area (Å²) >= 11 is 0. The number of benzene rings is 1. The van der Waals surface area contributed by atoms with Crippen LogP contribution < -0.4 is 21.1 Å². The standard InChI is InChI=1S/C28H38FN9O3/c1-17-16-30-26(33-25(17)31-18-12-19-6-5-9-37(19)28(2,3)15-18)32-22-14-23(38-27(39)36(4)34-35-38)24(13-21(22)29)41-20-7-10-40-11-8-20/h13-14,16,18-20H,5-12,15H2,1-4H3,(H2,30,31,32,33)/t18-,19+/m1/s1.